The van der Waals surface area contributed by atoms with Gasteiger partial charge < -0.3 is 14.5 Å². The van der Waals surface area contributed by atoms with Gasteiger partial charge in [-0.1, -0.05) is 49.4 Å². The van der Waals surface area contributed by atoms with Crippen LogP contribution in [0.5, 0.6) is 5.75 Å². The minimum atomic E-state index is -4.30. The molecule has 1 aromatic heterocycles. The highest BCUT2D eigenvalue weighted by molar-refractivity contribution is 7.90. The Hall–Kier alpha value is -3.93. The smallest absolute Gasteiger partial charge is 0.344 e. The third-order valence-corrected chi connectivity index (χ3v) is 10.6. The number of aromatic nitrogens is 2. The van der Waals surface area contributed by atoms with Crippen molar-refractivity contribution in [2.75, 3.05) is 52.9 Å². The molecule has 2 aliphatic heterocycles. The number of rotatable bonds is 9. The van der Waals surface area contributed by atoms with Crippen molar-refractivity contribution >= 4 is 27.0 Å². The van der Waals surface area contributed by atoms with Gasteiger partial charge in [-0.25, -0.2) is 13.2 Å². The molecule has 4 aromatic rings. The van der Waals surface area contributed by atoms with E-state index in [1.807, 2.05) is 35.2 Å². The third-order valence-electron chi connectivity index (χ3n) is 8.88. The van der Waals surface area contributed by atoms with Crippen LogP contribution in [-0.2, 0) is 14.8 Å². The lowest BCUT2D eigenvalue weighted by Crippen LogP contribution is -2.51. The van der Waals surface area contributed by atoms with Gasteiger partial charge in [0, 0.05) is 45.3 Å². The molecule has 1 amide bonds. The summed E-state index contributed by atoms with van der Waals surface area (Å²) in [6.07, 6.45) is 2.01. The maximum atomic E-state index is 14.5. The minimum absolute atomic E-state index is 0.0488. The Kier molecular flexibility index (Phi) is 8.61. The highest BCUT2D eigenvalue weighted by atomic mass is 32.2. The molecule has 0 aliphatic carbocycles. The molecule has 2 atom stereocenters. The standard InChI is InChI=1S/C33H39N5O5S/c1-3-18-34-20-22-35(23-21-34)26-17-19-36(24-26)32(39)31(25-9-5-4-6-10-25)37-29-11-7-8-12-30(29)38(33(37)40)44(41,42)28-15-13-27(43-2)14-16-28/h4-16,26,31H,3,17-24H2,1-2H3. The first-order valence-corrected chi connectivity index (χ1v) is 16.7. The summed E-state index contributed by atoms with van der Waals surface area (Å²) in [5.74, 6) is 0.287. The number of fused-ring (bicyclic) bond motifs is 1. The number of likely N-dealkylation sites (tertiary alicyclic amines) is 1. The predicted octanol–water partition coefficient (Wildman–Crippen LogP) is 3.27. The van der Waals surface area contributed by atoms with E-state index in [2.05, 4.69) is 16.7 Å². The summed E-state index contributed by atoms with van der Waals surface area (Å²) < 4.78 is 35.3. The van der Waals surface area contributed by atoms with Crippen LogP contribution in [0.2, 0.25) is 0 Å². The molecule has 3 aromatic carbocycles. The van der Waals surface area contributed by atoms with Crippen LogP contribution in [0, 0.1) is 0 Å². The fourth-order valence-corrected chi connectivity index (χ4v) is 7.99. The Labute approximate surface area is 258 Å². The van der Waals surface area contributed by atoms with E-state index in [0.29, 0.717) is 29.9 Å². The molecule has 0 spiro atoms. The van der Waals surface area contributed by atoms with E-state index in [1.54, 1.807) is 36.4 Å². The van der Waals surface area contributed by atoms with Crippen LogP contribution in [0.1, 0.15) is 31.4 Å². The van der Waals surface area contributed by atoms with Gasteiger partial charge in [-0.2, -0.15) is 3.97 Å². The summed E-state index contributed by atoms with van der Waals surface area (Å²) in [7, 11) is -2.80. The summed E-state index contributed by atoms with van der Waals surface area (Å²) in [6, 6.07) is 21.0. The topological polar surface area (TPSA) is 97.1 Å². The van der Waals surface area contributed by atoms with Crippen LogP contribution >= 0.6 is 0 Å². The summed E-state index contributed by atoms with van der Waals surface area (Å²) in [5.41, 5.74) is 0.430. The van der Waals surface area contributed by atoms with Gasteiger partial charge in [0.15, 0.2) is 0 Å². The number of nitrogens with zero attached hydrogens (tertiary/aromatic N) is 5. The Morgan fingerprint density at radius 3 is 2.20 bits per heavy atom. The first kappa shape index (κ1) is 30.1. The molecule has 2 saturated heterocycles. The van der Waals surface area contributed by atoms with Gasteiger partial charge in [-0.05, 0) is 61.3 Å². The zero-order chi connectivity index (χ0) is 30.8. The molecular weight excluding hydrogens is 578 g/mol. The van der Waals surface area contributed by atoms with Gasteiger partial charge in [0.2, 0.25) is 0 Å². The van der Waals surface area contributed by atoms with E-state index in [9.17, 15) is 18.0 Å². The molecule has 0 bridgehead atoms. The van der Waals surface area contributed by atoms with Crippen LogP contribution < -0.4 is 10.4 Å². The Morgan fingerprint density at radius 1 is 0.886 bits per heavy atom. The molecule has 0 saturated carbocycles. The zero-order valence-electron chi connectivity index (χ0n) is 25.2. The lowest BCUT2D eigenvalue weighted by atomic mass is 10.0. The Bertz CT molecular complexity index is 1780. The largest absolute Gasteiger partial charge is 0.497 e. The van der Waals surface area contributed by atoms with Crippen LogP contribution in [0.25, 0.3) is 11.0 Å². The van der Waals surface area contributed by atoms with Crippen LogP contribution in [0.3, 0.4) is 0 Å². The second kappa shape index (κ2) is 12.6. The number of carbonyl (C=O) groups excluding carboxylic acids is 1. The minimum Gasteiger partial charge on any atom is -0.497 e. The molecule has 6 rings (SSSR count). The Balaban J connectivity index is 1.38. The number of carbonyl (C=O) groups is 1. The predicted molar refractivity (Wildman–Crippen MR) is 170 cm³/mol. The molecule has 3 heterocycles. The second-order valence-corrected chi connectivity index (χ2v) is 13.3. The zero-order valence-corrected chi connectivity index (χ0v) is 26.0. The summed E-state index contributed by atoms with van der Waals surface area (Å²) in [4.78, 5) is 35.5. The number of hydrogen-bond acceptors (Lipinski definition) is 7. The fraction of sp³-hybridized carbons (Fsp3) is 0.394. The first-order valence-electron chi connectivity index (χ1n) is 15.2. The van der Waals surface area contributed by atoms with Gasteiger partial charge in [0.05, 0.1) is 23.0 Å². The first-order chi connectivity index (χ1) is 21.3. The van der Waals surface area contributed by atoms with Crippen LogP contribution in [0.15, 0.2) is 88.6 Å². The number of amides is 1. The molecule has 2 fully saturated rings. The monoisotopic (exact) mass is 617 g/mol. The molecule has 0 radical (unpaired) electrons. The van der Waals surface area contributed by atoms with Crippen molar-refractivity contribution in [1.29, 1.82) is 0 Å². The average molecular weight is 618 g/mol. The average Bonchev–Trinajstić information content (AvgIpc) is 3.66. The molecule has 2 aliphatic rings. The van der Waals surface area contributed by atoms with E-state index < -0.39 is 21.8 Å². The summed E-state index contributed by atoms with van der Waals surface area (Å²) in [5, 5.41) is 0. The quantitative estimate of drug-likeness (QED) is 0.285. The van der Waals surface area contributed by atoms with E-state index in [4.69, 9.17) is 4.74 Å². The SMILES string of the molecule is CCCN1CCN(C2CCN(C(=O)C(c3ccccc3)n3c(=O)n(S(=O)(=O)c4ccc(OC)cc4)c4ccccc43)C2)CC1. The van der Waals surface area contributed by atoms with Crippen molar-refractivity contribution in [1.82, 2.24) is 23.2 Å². The number of benzene rings is 3. The number of methoxy groups -OCH3 is 1. The van der Waals surface area contributed by atoms with Gasteiger partial charge in [0.25, 0.3) is 15.9 Å². The highest BCUT2D eigenvalue weighted by Gasteiger charge is 2.38. The van der Waals surface area contributed by atoms with Crippen molar-refractivity contribution in [3.8, 4) is 5.75 Å². The summed E-state index contributed by atoms with van der Waals surface area (Å²) >= 11 is 0. The lowest BCUT2D eigenvalue weighted by Gasteiger charge is -2.38. The summed E-state index contributed by atoms with van der Waals surface area (Å²) in [6.45, 7) is 8.49. The second-order valence-electron chi connectivity index (χ2n) is 11.5. The van der Waals surface area contributed by atoms with Gasteiger partial charge in [-0.3, -0.25) is 14.3 Å². The fourth-order valence-electron chi connectivity index (χ4n) is 6.60. The molecular formula is C33H39N5O5S. The van der Waals surface area contributed by atoms with Gasteiger partial charge >= 0.3 is 5.69 Å². The molecule has 2 unspecified atom stereocenters. The van der Waals surface area contributed by atoms with Crippen molar-refractivity contribution in [3.63, 3.8) is 0 Å². The number of hydrogen-bond donors (Lipinski definition) is 0. The molecule has 232 valence electrons. The lowest BCUT2D eigenvalue weighted by molar-refractivity contribution is -0.132. The van der Waals surface area contributed by atoms with Crippen molar-refractivity contribution < 1.29 is 17.9 Å². The number of imidazole rings is 1. The Morgan fingerprint density at radius 2 is 1.55 bits per heavy atom. The maximum absolute atomic E-state index is 14.5. The van der Waals surface area contributed by atoms with E-state index in [0.717, 1.165) is 49.5 Å². The maximum Gasteiger partial charge on any atom is 0.344 e. The highest BCUT2D eigenvalue weighted by Crippen LogP contribution is 2.29. The van der Waals surface area contributed by atoms with Crippen LogP contribution in [0.4, 0.5) is 0 Å². The number of piperazine rings is 1. The third kappa shape index (κ3) is 5.55. The molecule has 44 heavy (non-hydrogen) atoms. The van der Waals surface area contributed by atoms with Crippen LogP contribution in [-0.4, -0.2) is 96.5 Å². The van der Waals surface area contributed by atoms with Crippen molar-refractivity contribution in [3.05, 3.63) is 94.9 Å². The molecule has 0 N–H and O–H groups in total. The van der Waals surface area contributed by atoms with Gasteiger partial charge in [-0.15, -0.1) is 0 Å². The molecule has 10 nitrogen and oxygen atoms in total. The van der Waals surface area contributed by atoms with Crippen molar-refractivity contribution in [2.24, 2.45) is 0 Å². The van der Waals surface area contributed by atoms with E-state index >= 15 is 0 Å². The van der Waals surface area contributed by atoms with E-state index in [-0.39, 0.29) is 22.4 Å². The van der Waals surface area contributed by atoms with Gasteiger partial charge in [0.1, 0.15) is 11.8 Å². The number of para-hydroxylation sites is 2. The number of ether oxygens (including phenoxy) is 1. The van der Waals surface area contributed by atoms with E-state index in [1.165, 1.54) is 23.8 Å². The normalized spacial score (nSPS) is 19.0. The van der Waals surface area contributed by atoms with Crippen molar-refractivity contribution in [2.45, 2.75) is 36.7 Å². The molecule has 11 heteroatoms.